The summed E-state index contributed by atoms with van der Waals surface area (Å²) in [6, 6.07) is 7.99. The third kappa shape index (κ3) is 8.04. The number of rotatable bonds is 7. The van der Waals surface area contributed by atoms with Crippen LogP contribution in [0.4, 0.5) is 13.2 Å². The number of nitrogens with zero attached hydrogens (tertiary/aromatic N) is 5. The molecule has 3 aromatic heterocycles. The minimum Gasteiger partial charge on any atom is -0.475 e. The third-order valence-electron chi connectivity index (χ3n) is 7.26. The van der Waals surface area contributed by atoms with Gasteiger partial charge in [0.2, 0.25) is 0 Å². The van der Waals surface area contributed by atoms with Gasteiger partial charge < -0.3 is 14.6 Å². The lowest BCUT2D eigenvalue weighted by molar-refractivity contribution is -0.192. The fourth-order valence-corrected chi connectivity index (χ4v) is 6.17. The van der Waals surface area contributed by atoms with Crippen LogP contribution in [0, 0.1) is 6.92 Å². The van der Waals surface area contributed by atoms with Crippen LogP contribution in [0.15, 0.2) is 65.2 Å². The number of benzene rings is 1. The first-order chi connectivity index (χ1) is 20.9. The summed E-state index contributed by atoms with van der Waals surface area (Å²) in [4.78, 5) is 35.3. The van der Waals surface area contributed by atoms with Crippen molar-refractivity contribution in [2.24, 2.45) is 0 Å². The quantitative estimate of drug-likeness (QED) is 0.211. The second kappa shape index (κ2) is 14.4. The highest BCUT2D eigenvalue weighted by molar-refractivity contribution is 7.20. The Morgan fingerprint density at radius 2 is 1.80 bits per heavy atom. The highest BCUT2D eigenvalue weighted by atomic mass is 35.5. The van der Waals surface area contributed by atoms with Crippen molar-refractivity contribution in [1.29, 1.82) is 0 Å². The Hall–Kier alpha value is -3.74. The number of allylic oxidation sites excluding steroid dienone is 5. The van der Waals surface area contributed by atoms with Crippen molar-refractivity contribution < 1.29 is 23.1 Å². The predicted octanol–water partition coefficient (Wildman–Crippen LogP) is 7.33. The van der Waals surface area contributed by atoms with Gasteiger partial charge in [0.1, 0.15) is 16.9 Å². The van der Waals surface area contributed by atoms with E-state index in [4.69, 9.17) is 26.5 Å². The van der Waals surface area contributed by atoms with Crippen LogP contribution < -0.4 is 5.56 Å². The molecule has 0 aliphatic carbocycles. The molecule has 5 rings (SSSR count). The Bertz CT molecular complexity index is 1780. The van der Waals surface area contributed by atoms with E-state index < -0.39 is 12.1 Å². The van der Waals surface area contributed by atoms with Crippen molar-refractivity contribution in [3.8, 4) is 5.69 Å². The molecule has 1 aromatic carbocycles. The summed E-state index contributed by atoms with van der Waals surface area (Å²) < 4.78 is 36.3. The van der Waals surface area contributed by atoms with Crippen LogP contribution in [-0.4, -0.2) is 60.9 Å². The van der Waals surface area contributed by atoms with E-state index in [9.17, 15) is 18.0 Å². The summed E-state index contributed by atoms with van der Waals surface area (Å²) in [5.74, 6) is -1.76. The monoisotopic (exact) mass is 647 g/mol. The second-order valence-corrected chi connectivity index (χ2v) is 11.8. The number of hydrogen-bond donors (Lipinski definition) is 1. The zero-order valence-corrected chi connectivity index (χ0v) is 26.0. The molecule has 8 nitrogen and oxygen atoms in total. The molecule has 0 bridgehead atoms. The van der Waals surface area contributed by atoms with E-state index in [0.717, 1.165) is 46.1 Å². The van der Waals surface area contributed by atoms with Gasteiger partial charge >= 0.3 is 12.1 Å². The maximum absolute atomic E-state index is 13.5. The van der Waals surface area contributed by atoms with Gasteiger partial charge in [-0.25, -0.2) is 14.8 Å². The Morgan fingerprint density at radius 1 is 1.11 bits per heavy atom. The summed E-state index contributed by atoms with van der Waals surface area (Å²) in [5, 5.41) is 7.58. The topological polar surface area (TPSA) is 93.3 Å². The molecule has 1 fully saturated rings. The molecule has 0 saturated carbocycles. The third-order valence-corrected chi connectivity index (χ3v) is 8.55. The first-order valence-corrected chi connectivity index (χ1v) is 15.3. The largest absolute Gasteiger partial charge is 0.490 e. The number of alkyl halides is 3. The van der Waals surface area contributed by atoms with Crippen LogP contribution in [0.5, 0.6) is 0 Å². The second-order valence-electron chi connectivity index (χ2n) is 10.3. The summed E-state index contributed by atoms with van der Waals surface area (Å²) >= 11 is 7.33. The van der Waals surface area contributed by atoms with E-state index in [-0.39, 0.29) is 5.56 Å². The van der Waals surface area contributed by atoms with Gasteiger partial charge in [-0.1, -0.05) is 43.2 Å². The van der Waals surface area contributed by atoms with Gasteiger partial charge in [0.25, 0.3) is 5.56 Å². The Labute approximate surface area is 261 Å². The molecule has 0 atom stereocenters. The average Bonchev–Trinajstić information content (AvgIpc) is 3.42. The number of carboxylic acid groups (broad SMARTS) is 1. The molecule has 0 unspecified atom stereocenters. The molecule has 1 aliphatic rings. The maximum atomic E-state index is 13.5. The van der Waals surface area contributed by atoms with E-state index in [1.165, 1.54) is 50.1 Å². The molecule has 4 aromatic rings. The number of hydrogen-bond acceptors (Lipinski definition) is 6. The lowest BCUT2D eigenvalue weighted by Crippen LogP contribution is -2.28. The van der Waals surface area contributed by atoms with Gasteiger partial charge in [0.15, 0.2) is 0 Å². The molecule has 0 radical (unpaired) electrons. The number of aryl methyl sites for hydroxylation is 1. The van der Waals surface area contributed by atoms with Gasteiger partial charge in [0.05, 0.1) is 22.2 Å². The van der Waals surface area contributed by atoms with E-state index in [1.54, 1.807) is 17.0 Å². The summed E-state index contributed by atoms with van der Waals surface area (Å²) in [5.41, 5.74) is 4.34. The van der Waals surface area contributed by atoms with Crippen LogP contribution in [-0.2, 0) is 11.3 Å². The number of aromatic nitrogens is 4. The molecule has 0 amide bonds. The minimum absolute atomic E-state index is 0.0842. The molecule has 1 saturated heterocycles. The smallest absolute Gasteiger partial charge is 0.475 e. The van der Waals surface area contributed by atoms with E-state index in [0.29, 0.717) is 15.2 Å². The first kappa shape index (κ1) is 33.2. The number of thiophene rings is 1. The van der Waals surface area contributed by atoms with Gasteiger partial charge in [-0.15, -0.1) is 11.3 Å². The lowest BCUT2D eigenvalue weighted by atomic mass is 10.2. The Balaban J connectivity index is 0.000000566. The van der Waals surface area contributed by atoms with Crippen LogP contribution in [0.1, 0.15) is 43.3 Å². The van der Waals surface area contributed by atoms with Crippen molar-refractivity contribution in [2.45, 2.75) is 52.3 Å². The van der Waals surface area contributed by atoms with E-state index >= 15 is 0 Å². The van der Waals surface area contributed by atoms with Crippen molar-refractivity contribution >= 4 is 55.7 Å². The molecule has 1 aliphatic heterocycles. The normalized spacial score (nSPS) is 15.0. The van der Waals surface area contributed by atoms with Crippen molar-refractivity contribution in [1.82, 2.24) is 24.0 Å². The van der Waals surface area contributed by atoms with E-state index in [2.05, 4.69) is 34.0 Å². The molecular weight excluding hydrogens is 615 g/mol. The molecular formula is C31H33ClF3N5O3S. The zero-order chi connectivity index (χ0) is 32.0. The lowest BCUT2D eigenvalue weighted by Gasteiger charge is -2.20. The SMILES string of the molecule is C=C(Cl)/C=C\C(=C/C)c1cc2ncn(-c3ccc4c(c3)nc(C)n4CCN3CCCCCC3)c(=O)c2s1.O=C(O)C(F)(F)F. The molecule has 0 spiro atoms. The van der Waals surface area contributed by atoms with Gasteiger partial charge in [0, 0.05) is 23.0 Å². The van der Waals surface area contributed by atoms with Crippen molar-refractivity contribution in [3.05, 3.63) is 81.5 Å². The number of imidazole rings is 1. The number of aliphatic carboxylic acids is 1. The van der Waals surface area contributed by atoms with Crippen molar-refractivity contribution in [2.75, 3.05) is 19.6 Å². The molecule has 1 N–H and O–H groups in total. The zero-order valence-electron chi connectivity index (χ0n) is 24.4. The van der Waals surface area contributed by atoms with Crippen LogP contribution in [0.25, 0.3) is 32.5 Å². The van der Waals surface area contributed by atoms with Crippen molar-refractivity contribution in [3.63, 3.8) is 0 Å². The highest BCUT2D eigenvalue weighted by Crippen LogP contribution is 2.29. The number of carbonyl (C=O) groups is 1. The van der Waals surface area contributed by atoms with E-state index in [1.807, 2.05) is 37.3 Å². The number of carboxylic acids is 1. The first-order valence-electron chi connectivity index (χ1n) is 14.1. The molecule has 4 heterocycles. The number of likely N-dealkylation sites (tertiary alicyclic amines) is 1. The van der Waals surface area contributed by atoms with Crippen LogP contribution >= 0.6 is 22.9 Å². The molecule has 13 heteroatoms. The molecule has 234 valence electrons. The van der Waals surface area contributed by atoms with Gasteiger partial charge in [-0.3, -0.25) is 9.36 Å². The summed E-state index contributed by atoms with van der Waals surface area (Å²) in [6.07, 6.45) is 7.43. The summed E-state index contributed by atoms with van der Waals surface area (Å²) in [7, 11) is 0. The van der Waals surface area contributed by atoms with Crippen LogP contribution in [0.3, 0.4) is 0 Å². The van der Waals surface area contributed by atoms with Gasteiger partial charge in [-0.2, -0.15) is 13.2 Å². The maximum Gasteiger partial charge on any atom is 0.490 e. The Kier molecular flexibility index (Phi) is 10.8. The van der Waals surface area contributed by atoms with Gasteiger partial charge in [-0.05, 0) is 75.7 Å². The Morgan fingerprint density at radius 3 is 2.41 bits per heavy atom. The molecule has 44 heavy (non-hydrogen) atoms. The minimum atomic E-state index is -5.08. The predicted molar refractivity (Wildman–Crippen MR) is 170 cm³/mol. The number of halogens is 4. The average molecular weight is 648 g/mol. The standard InChI is InChI=1S/C29H32ClN5OS.C2HF3O2/c1-4-22(10-9-20(2)30)27-18-25-28(37-27)29(36)35(19-31-25)23-11-12-26-24(17-23)32-21(3)34(26)16-15-33-13-7-5-6-8-14-33;3-2(4,5)1(6)7/h4,9-12,17-19H,2,5-8,13-16H2,1,3H3;(H,6,7)/b10-9-,22-4+;. The van der Waals surface area contributed by atoms with Crippen LogP contribution in [0.2, 0.25) is 0 Å². The highest BCUT2D eigenvalue weighted by Gasteiger charge is 2.38. The fourth-order valence-electron chi connectivity index (χ4n) is 5.01. The summed E-state index contributed by atoms with van der Waals surface area (Å²) in [6.45, 7) is 12.0. The fraction of sp³-hybridized carbons (Fsp3) is 0.355. The number of fused-ring (bicyclic) bond motifs is 2.